The van der Waals surface area contributed by atoms with Gasteiger partial charge in [-0.3, -0.25) is 9.59 Å². The third-order valence-corrected chi connectivity index (χ3v) is 5.59. The van der Waals surface area contributed by atoms with Gasteiger partial charge in [-0.1, -0.05) is 33.6 Å². The third-order valence-electron chi connectivity index (χ3n) is 5.59. The molecule has 162 valence electrons. The van der Waals surface area contributed by atoms with E-state index in [1.165, 1.54) is 0 Å². The van der Waals surface area contributed by atoms with Gasteiger partial charge in [0.2, 0.25) is 5.91 Å². The smallest absolute Gasteiger partial charge is 0.253 e. The Morgan fingerprint density at radius 2 is 1.79 bits per heavy atom. The molecule has 0 aliphatic carbocycles. The van der Waals surface area contributed by atoms with Crippen molar-refractivity contribution in [2.24, 2.45) is 0 Å². The molecule has 2 rings (SSSR count). The van der Waals surface area contributed by atoms with Crippen LogP contribution in [0.3, 0.4) is 0 Å². The summed E-state index contributed by atoms with van der Waals surface area (Å²) in [7, 11) is 0. The lowest BCUT2D eigenvalue weighted by atomic mass is 10.1. The summed E-state index contributed by atoms with van der Waals surface area (Å²) in [5, 5.41) is 6.03. The van der Waals surface area contributed by atoms with Crippen LogP contribution in [0.25, 0.3) is 0 Å². The zero-order valence-corrected chi connectivity index (χ0v) is 18.4. The summed E-state index contributed by atoms with van der Waals surface area (Å²) in [5.74, 6) is -0.0543. The largest absolute Gasteiger partial charge is 0.371 e. The first-order valence-electron chi connectivity index (χ1n) is 11.3. The Bertz CT molecular complexity index is 652. The fourth-order valence-corrected chi connectivity index (χ4v) is 3.75. The number of nitrogens with zero attached hydrogens (tertiary/aromatic N) is 2. The van der Waals surface area contributed by atoms with E-state index in [1.807, 2.05) is 18.2 Å². The van der Waals surface area contributed by atoms with Crippen molar-refractivity contribution in [1.82, 2.24) is 10.2 Å². The molecule has 1 aromatic rings. The monoisotopic (exact) mass is 402 g/mol. The molecule has 0 radical (unpaired) electrons. The van der Waals surface area contributed by atoms with E-state index in [0.717, 1.165) is 70.5 Å². The Balaban J connectivity index is 2.08. The summed E-state index contributed by atoms with van der Waals surface area (Å²) >= 11 is 0. The van der Waals surface area contributed by atoms with Crippen LogP contribution in [-0.4, -0.2) is 56.0 Å². The number of hydrogen-bond acceptors (Lipinski definition) is 4. The number of benzene rings is 1. The Morgan fingerprint density at radius 1 is 1.07 bits per heavy atom. The van der Waals surface area contributed by atoms with Crippen molar-refractivity contribution in [3.05, 3.63) is 23.8 Å². The molecule has 1 aromatic carbocycles. The molecule has 0 spiro atoms. The molecule has 1 aliphatic heterocycles. The van der Waals surface area contributed by atoms with Crippen LogP contribution in [0, 0.1) is 0 Å². The van der Waals surface area contributed by atoms with Gasteiger partial charge in [-0.15, -0.1) is 0 Å². The van der Waals surface area contributed by atoms with Crippen LogP contribution in [0.4, 0.5) is 11.4 Å². The molecule has 0 saturated carbocycles. The number of hydrogen-bond donors (Lipinski definition) is 2. The SMILES string of the molecule is CCCCCC(=O)Nc1ccc(N2CCCC2)c(C(=O)NCCN(CC)CC)c1. The summed E-state index contributed by atoms with van der Waals surface area (Å²) < 4.78 is 0. The van der Waals surface area contributed by atoms with Gasteiger partial charge in [0, 0.05) is 44.0 Å². The fraction of sp³-hybridized carbons (Fsp3) is 0.652. The number of anilines is 2. The van der Waals surface area contributed by atoms with Gasteiger partial charge in [0.25, 0.3) is 5.91 Å². The molecule has 29 heavy (non-hydrogen) atoms. The highest BCUT2D eigenvalue weighted by Gasteiger charge is 2.20. The number of likely N-dealkylation sites (N-methyl/N-ethyl adjacent to an activating group) is 1. The maximum absolute atomic E-state index is 13.0. The minimum absolute atomic E-state index is 0.0141. The lowest BCUT2D eigenvalue weighted by molar-refractivity contribution is -0.116. The second-order valence-corrected chi connectivity index (χ2v) is 7.71. The van der Waals surface area contributed by atoms with E-state index in [4.69, 9.17) is 0 Å². The molecular weight excluding hydrogens is 364 g/mol. The fourth-order valence-electron chi connectivity index (χ4n) is 3.75. The van der Waals surface area contributed by atoms with Crippen LogP contribution in [0.15, 0.2) is 18.2 Å². The van der Waals surface area contributed by atoms with Crippen LogP contribution >= 0.6 is 0 Å². The highest BCUT2D eigenvalue weighted by molar-refractivity contribution is 6.02. The Morgan fingerprint density at radius 3 is 2.45 bits per heavy atom. The molecule has 1 fully saturated rings. The molecule has 1 saturated heterocycles. The second-order valence-electron chi connectivity index (χ2n) is 7.71. The van der Waals surface area contributed by atoms with Gasteiger partial charge in [-0.05, 0) is 50.6 Å². The van der Waals surface area contributed by atoms with Crippen LogP contribution in [-0.2, 0) is 4.79 Å². The van der Waals surface area contributed by atoms with Crippen molar-refractivity contribution in [3.63, 3.8) is 0 Å². The number of rotatable bonds is 12. The minimum Gasteiger partial charge on any atom is -0.371 e. The Hall–Kier alpha value is -2.08. The van der Waals surface area contributed by atoms with E-state index in [2.05, 4.69) is 41.2 Å². The molecule has 0 atom stereocenters. The molecular formula is C23H38N4O2. The average Bonchev–Trinajstić information content (AvgIpc) is 3.26. The predicted octanol–water partition coefficient (Wildman–Crippen LogP) is 3.88. The van der Waals surface area contributed by atoms with Crippen molar-refractivity contribution in [2.75, 3.05) is 49.5 Å². The van der Waals surface area contributed by atoms with Crippen molar-refractivity contribution in [2.45, 2.75) is 59.3 Å². The predicted molar refractivity (Wildman–Crippen MR) is 121 cm³/mol. The van der Waals surface area contributed by atoms with E-state index in [1.54, 1.807) is 0 Å². The van der Waals surface area contributed by atoms with Gasteiger partial charge in [0.15, 0.2) is 0 Å². The van der Waals surface area contributed by atoms with E-state index in [-0.39, 0.29) is 11.8 Å². The molecule has 2 amide bonds. The zero-order chi connectivity index (χ0) is 21.1. The van der Waals surface area contributed by atoms with Crippen LogP contribution < -0.4 is 15.5 Å². The summed E-state index contributed by atoms with van der Waals surface area (Å²) in [5.41, 5.74) is 2.31. The van der Waals surface area contributed by atoms with Crippen molar-refractivity contribution >= 4 is 23.2 Å². The summed E-state index contributed by atoms with van der Waals surface area (Å²) in [6, 6.07) is 5.72. The average molecular weight is 403 g/mol. The zero-order valence-electron chi connectivity index (χ0n) is 18.4. The van der Waals surface area contributed by atoms with Crippen molar-refractivity contribution in [3.8, 4) is 0 Å². The number of nitrogens with one attached hydrogen (secondary N) is 2. The number of carbonyl (C=O) groups excluding carboxylic acids is 2. The highest BCUT2D eigenvalue weighted by Crippen LogP contribution is 2.27. The summed E-state index contributed by atoms with van der Waals surface area (Å²) in [4.78, 5) is 29.7. The topological polar surface area (TPSA) is 64.7 Å². The first-order valence-corrected chi connectivity index (χ1v) is 11.3. The van der Waals surface area contributed by atoms with Crippen molar-refractivity contribution < 1.29 is 9.59 Å². The quantitative estimate of drug-likeness (QED) is 0.521. The Labute approximate surface area is 176 Å². The van der Waals surface area contributed by atoms with Gasteiger partial charge in [-0.2, -0.15) is 0 Å². The summed E-state index contributed by atoms with van der Waals surface area (Å²) in [6.07, 6.45) is 5.87. The molecule has 6 nitrogen and oxygen atoms in total. The minimum atomic E-state index is -0.0684. The normalized spacial score (nSPS) is 13.7. The second kappa shape index (κ2) is 12.5. The van der Waals surface area contributed by atoms with Crippen LogP contribution in [0.2, 0.25) is 0 Å². The molecule has 0 aromatic heterocycles. The van der Waals surface area contributed by atoms with Gasteiger partial charge in [-0.25, -0.2) is 0 Å². The molecule has 2 N–H and O–H groups in total. The lowest BCUT2D eigenvalue weighted by Crippen LogP contribution is -2.35. The van der Waals surface area contributed by atoms with Gasteiger partial charge in [0.05, 0.1) is 5.56 Å². The Kier molecular flexibility index (Phi) is 9.98. The number of amides is 2. The maximum atomic E-state index is 13.0. The molecule has 0 unspecified atom stereocenters. The lowest BCUT2D eigenvalue weighted by Gasteiger charge is -2.23. The molecule has 0 bridgehead atoms. The number of carbonyl (C=O) groups is 2. The van der Waals surface area contributed by atoms with E-state index in [0.29, 0.717) is 24.2 Å². The van der Waals surface area contributed by atoms with E-state index in [9.17, 15) is 9.59 Å². The molecule has 6 heteroatoms. The van der Waals surface area contributed by atoms with Crippen LogP contribution in [0.5, 0.6) is 0 Å². The first kappa shape index (κ1) is 23.2. The van der Waals surface area contributed by atoms with Crippen molar-refractivity contribution in [1.29, 1.82) is 0 Å². The molecule has 1 aliphatic rings. The highest BCUT2D eigenvalue weighted by atomic mass is 16.2. The number of unbranched alkanes of at least 4 members (excludes halogenated alkanes) is 2. The van der Waals surface area contributed by atoms with Gasteiger partial charge < -0.3 is 20.4 Å². The third kappa shape index (κ3) is 7.35. The van der Waals surface area contributed by atoms with Gasteiger partial charge >= 0.3 is 0 Å². The first-order chi connectivity index (χ1) is 14.1. The van der Waals surface area contributed by atoms with E-state index < -0.39 is 0 Å². The van der Waals surface area contributed by atoms with E-state index >= 15 is 0 Å². The van der Waals surface area contributed by atoms with Gasteiger partial charge in [0.1, 0.15) is 0 Å². The summed E-state index contributed by atoms with van der Waals surface area (Å²) in [6.45, 7) is 11.7. The standard InChI is InChI=1S/C23H38N4O2/c1-4-7-8-11-22(28)25-19-12-13-21(27-15-9-10-16-27)20(18-19)23(29)24-14-17-26(5-2)6-3/h12-13,18H,4-11,14-17H2,1-3H3,(H,24,29)(H,25,28). The molecule has 1 heterocycles. The van der Waals surface area contributed by atoms with Crippen LogP contribution in [0.1, 0.15) is 69.7 Å². The maximum Gasteiger partial charge on any atom is 0.253 e.